The van der Waals surface area contributed by atoms with Crippen LogP contribution in [0.3, 0.4) is 0 Å². The third kappa shape index (κ3) is 3.82. The summed E-state index contributed by atoms with van der Waals surface area (Å²) in [7, 11) is 1.51. The Labute approximate surface area is 182 Å². The van der Waals surface area contributed by atoms with Crippen LogP contribution in [0.15, 0.2) is 39.9 Å². The molecule has 1 amide bonds. The Morgan fingerprint density at radius 2 is 1.81 bits per heavy atom. The smallest absolute Gasteiger partial charge is 0.329 e. The number of nitrogens with two attached hydrogens (primary N) is 1. The lowest BCUT2D eigenvalue weighted by Crippen LogP contribution is -2.54. The first-order chi connectivity index (χ1) is 14.8. The SMILES string of the molecule is CC1CCC(CN(C(=O)C2(c3ccccc3)CCC2)c2c(N)n(C)c(=O)[nH]c2=O)CC1. The number of aromatic nitrogens is 2. The van der Waals surface area contributed by atoms with Gasteiger partial charge in [0.15, 0.2) is 5.69 Å². The predicted octanol–water partition coefficient (Wildman–Crippen LogP) is 2.94. The summed E-state index contributed by atoms with van der Waals surface area (Å²) in [6.45, 7) is 2.71. The summed E-state index contributed by atoms with van der Waals surface area (Å²) in [6, 6.07) is 9.82. The fraction of sp³-hybridized carbons (Fsp3) is 0.542. The van der Waals surface area contributed by atoms with Crippen molar-refractivity contribution in [2.75, 3.05) is 17.2 Å². The molecule has 31 heavy (non-hydrogen) atoms. The minimum Gasteiger partial charge on any atom is -0.383 e. The minimum atomic E-state index is -0.642. The Balaban J connectivity index is 1.78. The van der Waals surface area contributed by atoms with Gasteiger partial charge in [0, 0.05) is 13.6 Å². The first-order valence-electron chi connectivity index (χ1n) is 11.3. The zero-order valence-electron chi connectivity index (χ0n) is 18.4. The first-order valence-corrected chi connectivity index (χ1v) is 11.3. The lowest BCUT2D eigenvalue weighted by Gasteiger charge is -2.45. The van der Waals surface area contributed by atoms with Gasteiger partial charge in [-0.25, -0.2) is 4.79 Å². The molecule has 0 saturated heterocycles. The zero-order valence-corrected chi connectivity index (χ0v) is 18.4. The van der Waals surface area contributed by atoms with Crippen molar-refractivity contribution in [2.24, 2.45) is 18.9 Å². The molecule has 0 radical (unpaired) electrons. The van der Waals surface area contributed by atoms with E-state index in [2.05, 4.69) is 11.9 Å². The Hall–Kier alpha value is -2.83. The Bertz CT molecular complexity index is 1060. The van der Waals surface area contributed by atoms with Gasteiger partial charge in [0.25, 0.3) is 5.56 Å². The van der Waals surface area contributed by atoms with Crippen LogP contribution in [0.5, 0.6) is 0 Å². The van der Waals surface area contributed by atoms with Crippen LogP contribution in [0.1, 0.15) is 57.4 Å². The largest absolute Gasteiger partial charge is 0.383 e. The van der Waals surface area contributed by atoms with Crippen molar-refractivity contribution in [3.63, 3.8) is 0 Å². The lowest BCUT2D eigenvalue weighted by atomic mass is 9.63. The van der Waals surface area contributed by atoms with E-state index in [1.54, 1.807) is 4.90 Å². The molecule has 7 heteroatoms. The van der Waals surface area contributed by atoms with Gasteiger partial charge in [-0.3, -0.25) is 19.1 Å². The molecular formula is C24H32N4O3. The normalized spacial score (nSPS) is 22.5. The molecule has 0 spiro atoms. The summed E-state index contributed by atoms with van der Waals surface area (Å²) in [6.07, 6.45) is 6.74. The number of carbonyl (C=O) groups is 1. The summed E-state index contributed by atoms with van der Waals surface area (Å²) in [4.78, 5) is 43.0. The van der Waals surface area contributed by atoms with E-state index in [0.29, 0.717) is 18.4 Å². The number of aromatic amines is 1. The summed E-state index contributed by atoms with van der Waals surface area (Å²) >= 11 is 0. The average Bonchev–Trinajstić information content (AvgIpc) is 2.73. The molecule has 1 aromatic heterocycles. The van der Waals surface area contributed by atoms with Crippen LogP contribution >= 0.6 is 0 Å². The summed E-state index contributed by atoms with van der Waals surface area (Å²) < 4.78 is 1.20. The van der Waals surface area contributed by atoms with Crippen LogP contribution in [-0.4, -0.2) is 22.0 Å². The lowest BCUT2D eigenvalue weighted by molar-refractivity contribution is -0.127. The maximum absolute atomic E-state index is 14.1. The average molecular weight is 425 g/mol. The number of carbonyl (C=O) groups excluding carboxylic acids is 1. The molecule has 0 bridgehead atoms. The zero-order chi connectivity index (χ0) is 22.2. The number of benzene rings is 1. The van der Waals surface area contributed by atoms with E-state index in [4.69, 9.17) is 5.73 Å². The van der Waals surface area contributed by atoms with Gasteiger partial charge < -0.3 is 10.6 Å². The maximum atomic E-state index is 14.1. The molecule has 1 aromatic carbocycles. The number of nitrogens with zero attached hydrogens (tertiary/aromatic N) is 2. The van der Waals surface area contributed by atoms with Gasteiger partial charge in [-0.15, -0.1) is 0 Å². The number of amides is 1. The van der Waals surface area contributed by atoms with E-state index < -0.39 is 16.7 Å². The van der Waals surface area contributed by atoms with Crippen LogP contribution < -0.4 is 21.9 Å². The van der Waals surface area contributed by atoms with Gasteiger partial charge in [-0.1, -0.05) is 56.5 Å². The molecule has 2 aromatic rings. The molecule has 166 valence electrons. The number of anilines is 2. The van der Waals surface area contributed by atoms with Crippen LogP contribution in [-0.2, 0) is 17.3 Å². The van der Waals surface area contributed by atoms with Gasteiger partial charge in [0.2, 0.25) is 5.91 Å². The van der Waals surface area contributed by atoms with Crippen molar-refractivity contribution < 1.29 is 4.79 Å². The van der Waals surface area contributed by atoms with Gasteiger partial charge in [-0.05, 0) is 43.1 Å². The maximum Gasteiger partial charge on any atom is 0.329 e. The third-order valence-electron chi connectivity index (χ3n) is 7.38. The molecule has 3 N–H and O–H groups in total. The molecular weight excluding hydrogens is 392 g/mol. The highest BCUT2D eigenvalue weighted by molar-refractivity contribution is 6.03. The number of rotatable bonds is 5. The molecule has 4 rings (SSSR count). The van der Waals surface area contributed by atoms with Crippen LogP contribution in [0.25, 0.3) is 0 Å². The van der Waals surface area contributed by atoms with Gasteiger partial charge in [0.05, 0.1) is 5.41 Å². The predicted molar refractivity (Wildman–Crippen MR) is 122 cm³/mol. The van der Waals surface area contributed by atoms with Crippen LogP contribution in [0, 0.1) is 11.8 Å². The molecule has 7 nitrogen and oxygen atoms in total. The highest BCUT2D eigenvalue weighted by Gasteiger charge is 2.49. The third-order valence-corrected chi connectivity index (χ3v) is 7.38. The summed E-state index contributed by atoms with van der Waals surface area (Å²) in [5.41, 5.74) is 5.51. The number of nitrogens with one attached hydrogen (secondary N) is 1. The monoisotopic (exact) mass is 424 g/mol. The second kappa shape index (κ2) is 8.36. The molecule has 2 aliphatic rings. The van der Waals surface area contributed by atoms with Gasteiger partial charge in [-0.2, -0.15) is 0 Å². The van der Waals surface area contributed by atoms with E-state index >= 15 is 0 Å². The quantitative estimate of drug-likeness (QED) is 0.770. The van der Waals surface area contributed by atoms with Crippen LogP contribution in [0.4, 0.5) is 11.5 Å². The molecule has 2 aliphatic carbocycles. The van der Waals surface area contributed by atoms with Gasteiger partial charge in [0.1, 0.15) is 5.82 Å². The second-order valence-corrected chi connectivity index (χ2v) is 9.40. The molecule has 0 atom stereocenters. The summed E-state index contributed by atoms with van der Waals surface area (Å²) in [5, 5.41) is 0. The fourth-order valence-corrected chi connectivity index (χ4v) is 5.10. The van der Waals surface area contributed by atoms with Crippen LogP contribution in [0.2, 0.25) is 0 Å². The van der Waals surface area contributed by atoms with E-state index in [0.717, 1.165) is 50.5 Å². The van der Waals surface area contributed by atoms with Crippen molar-refractivity contribution in [1.29, 1.82) is 0 Å². The number of H-pyrrole nitrogens is 1. The molecule has 2 fully saturated rings. The van der Waals surface area contributed by atoms with E-state index in [9.17, 15) is 14.4 Å². The Kier molecular flexibility index (Phi) is 5.77. The van der Waals surface area contributed by atoms with E-state index in [1.807, 2.05) is 30.3 Å². The highest BCUT2D eigenvalue weighted by atomic mass is 16.2. The molecule has 0 aliphatic heterocycles. The molecule has 1 heterocycles. The highest BCUT2D eigenvalue weighted by Crippen LogP contribution is 2.46. The number of hydrogen-bond donors (Lipinski definition) is 2. The summed E-state index contributed by atoms with van der Waals surface area (Å²) in [5.74, 6) is 0.950. The Morgan fingerprint density at radius 1 is 1.16 bits per heavy atom. The van der Waals surface area contributed by atoms with Crippen molar-refractivity contribution in [2.45, 2.75) is 57.3 Å². The van der Waals surface area contributed by atoms with Gasteiger partial charge >= 0.3 is 5.69 Å². The van der Waals surface area contributed by atoms with E-state index in [-0.39, 0.29) is 17.4 Å². The molecule has 0 unspecified atom stereocenters. The second-order valence-electron chi connectivity index (χ2n) is 9.40. The first kappa shape index (κ1) is 21.4. The number of nitrogen functional groups attached to an aromatic ring is 1. The van der Waals surface area contributed by atoms with E-state index in [1.165, 1.54) is 11.6 Å². The standard InChI is InChI=1S/C24H32N4O3/c1-16-9-11-17(12-10-16)15-28(19-20(25)27(2)23(31)26-21(19)29)22(30)24(13-6-14-24)18-7-4-3-5-8-18/h3-5,7-8,16-17H,6,9-15,25H2,1-2H3,(H,26,29,31). The van der Waals surface area contributed by atoms with Crippen molar-refractivity contribution >= 4 is 17.4 Å². The number of hydrogen-bond acceptors (Lipinski definition) is 4. The topological polar surface area (TPSA) is 101 Å². The minimum absolute atomic E-state index is 0.0359. The van der Waals surface area contributed by atoms with Crippen molar-refractivity contribution in [3.8, 4) is 0 Å². The van der Waals surface area contributed by atoms with Crippen molar-refractivity contribution in [3.05, 3.63) is 56.7 Å². The molecule has 2 saturated carbocycles. The fourth-order valence-electron chi connectivity index (χ4n) is 5.10. The Morgan fingerprint density at radius 3 is 2.39 bits per heavy atom. The van der Waals surface area contributed by atoms with Crippen molar-refractivity contribution in [1.82, 2.24) is 9.55 Å².